The highest BCUT2D eigenvalue weighted by molar-refractivity contribution is 5.82. The maximum atomic E-state index is 6.08. The largest absolute Gasteiger partial charge is 0.382 e. The fraction of sp³-hybridized carbons (Fsp3) is 0.286. The number of fused-ring (bicyclic) bond motifs is 3. The molecular weight excluding hydrogens is 350 g/mol. The number of pyridine rings is 1. The van der Waals surface area contributed by atoms with Crippen molar-refractivity contribution >= 4 is 34.0 Å². The molecule has 7 heteroatoms. The first-order chi connectivity index (χ1) is 13.5. The molecular formula is C21H26N7+. The molecule has 0 bridgehead atoms. The van der Waals surface area contributed by atoms with Crippen molar-refractivity contribution in [2.45, 2.75) is 13.8 Å². The van der Waals surface area contributed by atoms with Crippen LogP contribution in [0.25, 0.3) is 16.7 Å². The number of aromatic nitrogens is 4. The van der Waals surface area contributed by atoms with Crippen LogP contribution in [0, 0.1) is 13.8 Å². The van der Waals surface area contributed by atoms with Crippen LogP contribution in [-0.4, -0.2) is 46.5 Å². The van der Waals surface area contributed by atoms with Gasteiger partial charge in [-0.1, -0.05) is 18.2 Å². The molecule has 4 aromatic rings. The lowest BCUT2D eigenvalue weighted by Crippen LogP contribution is -2.45. The van der Waals surface area contributed by atoms with Gasteiger partial charge in [-0.05, 0) is 27.0 Å². The van der Waals surface area contributed by atoms with Gasteiger partial charge >= 0.3 is 0 Å². The van der Waals surface area contributed by atoms with Crippen LogP contribution in [0.1, 0.15) is 11.1 Å². The van der Waals surface area contributed by atoms with Crippen LogP contribution in [0.3, 0.4) is 0 Å². The molecule has 1 unspecified atom stereocenters. The maximum Gasteiger partial charge on any atom is 0.234 e. The van der Waals surface area contributed by atoms with Gasteiger partial charge < -0.3 is 11.1 Å². The molecule has 3 heterocycles. The summed E-state index contributed by atoms with van der Waals surface area (Å²) in [5, 5.41) is 3.28. The zero-order valence-electron chi connectivity index (χ0n) is 16.8. The van der Waals surface area contributed by atoms with Crippen molar-refractivity contribution < 1.29 is 0 Å². The van der Waals surface area contributed by atoms with Gasteiger partial charge in [-0.3, -0.25) is 4.40 Å². The fourth-order valence-electron chi connectivity index (χ4n) is 4.07. The van der Waals surface area contributed by atoms with Crippen LogP contribution in [-0.2, 0) is 0 Å². The third-order valence-electron chi connectivity index (χ3n) is 5.46. The van der Waals surface area contributed by atoms with Crippen LogP contribution >= 0.6 is 0 Å². The van der Waals surface area contributed by atoms with Gasteiger partial charge in [0.25, 0.3) is 0 Å². The Kier molecular flexibility index (Phi) is 4.49. The fourth-order valence-corrected chi connectivity index (χ4v) is 4.07. The van der Waals surface area contributed by atoms with Crippen LogP contribution in [0.2, 0.25) is 0 Å². The number of aryl methyl sites for hydroxylation is 2. The summed E-state index contributed by atoms with van der Waals surface area (Å²) in [5.74, 6) is 1.42. The van der Waals surface area contributed by atoms with E-state index in [2.05, 4.69) is 60.4 Å². The molecule has 0 saturated carbocycles. The summed E-state index contributed by atoms with van der Waals surface area (Å²) in [6.07, 6.45) is 3.46. The number of imidazole rings is 1. The number of nitrogens with one attached hydrogen (secondary N) is 1. The molecule has 1 aromatic carbocycles. The molecule has 0 amide bonds. The van der Waals surface area contributed by atoms with E-state index in [4.69, 9.17) is 10.7 Å². The molecule has 0 aliphatic heterocycles. The van der Waals surface area contributed by atoms with Crippen molar-refractivity contribution in [3.05, 3.63) is 54.0 Å². The van der Waals surface area contributed by atoms with Crippen LogP contribution < -0.4 is 15.5 Å². The first-order valence-corrected chi connectivity index (χ1v) is 9.41. The van der Waals surface area contributed by atoms with Gasteiger partial charge in [0.1, 0.15) is 35.4 Å². The lowest BCUT2D eigenvalue weighted by Gasteiger charge is -2.34. The number of quaternary nitrogens is 1. The minimum atomic E-state index is 0.460. The number of para-hydroxylation sites is 1. The monoisotopic (exact) mass is 376 g/mol. The molecule has 4 rings (SSSR count). The molecule has 0 fully saturated rings. The minimum absolute atomic E-state index is 0.460. The third-order valence-corrected chi connectivity index (χ3v) is 5.46. The second kappa shape index (κ2) is 6.85. The molecule has 0 saturated heterocycles. The predicted molar refractivity (Wildman–Crippen MR) is 115 cm³/mol. The summed E-state index contributed by atoms with van der Waals surface area (Å²) in [7, 11) is 4.20. The number of benzene rings is 1. The van der Waals surface area contributed by atoms with Crippen LogP contribution in [0.5, 0.6) is 0 Å². The summed E-state index contributed by atoms with van der Waals surface area (Å²) in [6.45, 7) is 6.06. The van der Waals surface area contributed by atoms with Gasteiger partial charge in [0.05, 0.1) is 13.2 Å². The summed E-state index contributed by atoms with van der Waals surface area (Å²) in [4.78, 5) is 13.8. The number of nitrogen functional groups attached to an aromatic ring is 1. The van der Waals surface area contributed by atoms with E-state index >= 15 is 0 Å². The van der Waals surface area contributed by atoms with Crippen LogP contribution in [0.4, 0.5) is 17.3 Å². The topological polar surface area (TPSA) is 81.1 Å². The molecule has 0 aliphatic carbocycles. The number of hydrogen-bond acceptors (Lipinski definition) is 5. The van der Waals surface area contributed by atoms with E-state index in [9.17, 15) is 0 Å². The van der Waals surface area contributed by atoms with E-state index in [1.165, 1.54) is 16.8 Å². The lowest BCUT2D eigenvalue weighted by molar-refractivity contribution is 0.438. The highest BCUT2D eigenvalue weighted by Gasteiger charge is 2.33. The summed E-state index contributed by atoms with van der Waals surface area (Å²) in [6, 6.07) is 10.5. The van der Waals surface area contributed by atoms with Crippen molar-refractivity contribution in [3.63, 3.8) is 0 Å². The second-order valence-corrected chi connectivity index (χ2v) is 7.42. The second-order valence-electron chi connectivity index (χ2n) is 7.42. The van der Waals surface area contributed by atoms with Gasteiger partial charge in [0, 0.05) is 23.7 Å². The van der Waals surface area contributed by atoms with E-state index < -0.39 is 0 Å². The Morgan fingerprint density at radius 3 is 2.57 bits per heavy atom. The zero-order chi connectivity index (χ0) is 19.9. The first-order valence-electron chi connectivity index (χ1n) is 9.41. The highest BCUT2D eigenvalue weighted by atomic mass is 15.4. The Hall–Kier alpha value is -3.03. The average molecular weight is 376 g/mol. The van der Waals surface area contributed by atoms with Crippen LogP contribution in [0.15, 0.2) is 42.9 Å². The van der Waals surface area contributed by atoms with Gasteiger partial charge in [-0.15, -0.1) is 0 Å². The van der Waals surface area contributed by atoms with Gasteiger partial charge in [-0.2, -0.15) is 4.98 Å². The molecule has 144 valence electrons. The van der Waals surface area contributed by atoms with Gasteiger partial charge in [0.15, 0.2) is 5.65 Å². The minimum Gasteiger partial charge on any atom is -0.382 e. The summed E-state index contributed by atoms with van der Waals surface area (Å²) < 4.78 is 2.50. The predicted octanol–water partition coefficient (Wildman–Crippen LogP) is 2.96. The number of likely N-dealkylation sites (N-methyl/N-ethyl adjacent to an activating group) is 2. The lowest BCUT2D eigenvalue weighted by atomic mass is 10.1. The van der Waals surface area contributed by atoms with Crippen molar-refractivity contribution in [1.82, 2.24) is 29.2 Å². The molecule has 0 aliphatic rings. The van der Waals surface area contributed by atoms with Crippen molar-refractivity contribution in [1.29, 1.82) is 0 Å². The molecule has 1 atom stereocenters. The van der Waals surface area contributed by atoms with Gasteiger partial charge in [-0.25, -0.2) is 14.5 Å². The maximum absolute atomic E-state index is 6.08. The number of rotatable bonds is 5. The molecule has 3 aromatic heterocycles. The Morgan fingerprint density at radius 1 is 1.11 bits per heavy atom. The Balaban J connectivity index is 1.99. The van der Waals surface area contributed by atoms with E-state index in [1.54, 1.807) is 12.5 Å². The van der Waals surface area contributed by atoms with E-state index in [1.807, 2.05) is 17.5 Å². The Bertz CT molecular complexity index is 1140. The van der Waals surface area contributed by atoms with E-state index in [-0.39, 0.29) is 0 Å². The molecule has 7 nitrogen and oxygen atoms in total. The molecule has 3 N–H and O–H groups in total. The van der Waals surface area contributed by atoms with E-state index in [0.29, 0.717) is 10.3 Å². The van der Waals surface area contributed by atoms with Crippen molar-refractivity contribution in [3.8, 4) is 0 Å². The number of hydrogen-bond donors (Lipinski definition) is 2. The average Bonchev–Trinajstić information content (AvgIpc) is 3.17. The zero-order valence-corrected chi connectivity index (χ0v) is 16.8. The van der Waals surface area contributed by atoms with E-state index in [0.717, 1.165) is 35.6 Å². The SMILES string of the molecule is CNCC[N+](C)(c1ccc2nc(N)c3cncn3c2n1)c1c(C)cccc1C. The number of nitrogens with zero attached hydrogens (tertiary/aromatic N) is 5. The third kappa shape index (κ3) is 2.80. The smallest absolute Gasteiger partial charge is 0.234 e. The highest BCUT2D eigenvalue weighted by Crippen LogP contribution is 2.37. The quantitative estimate of drug-likeness (QED) is 0.524. The first kappa shape index (κ1) is 18.3. The Labute approximate surface area is 164 Å². The molecule has 28 heavy (non-hydrogen) atoms. The Morgan fingerprint density at radius 2 is 1.86 bits per heavy atom. The molecule has 0 radical (unpaired) electrons. The van der Waals surface area contributed by atoms with Crippen molar-refractivity contribution in [2.24, 2.45) is 0 Å². The van der Waals surface area contributed by atoms with Gasteiger partial charge in [0.2, 0.25) is 5.82 Å². The standard InChI is InChI=1S/C21H26N7/c1-14-6-5-7-15(2)19(14)28(4,11-10-23-3)18-9-8-16-21(26-18)27-13-24-12-17(27)20(22)25-16/h5-9,12-13,23H,10-11H2,1-4H3,(H2,22,25)/q+1. The number of nitrogens with two attached hydrogens (primary N) is 1. The number of anilines is 1. The molecule has 0 spiro atoms. The van der Waals surface area contributed by atoms with Crippen molar-refractivity contribution in [2.75, 3.05) is 32.9 Å². The summed E-state index contributed by atoms with van der Waals surface area (Å²) >= 11 is 0. The normalized spacial score (nSPS) is 13.9. The summed E-state index contributed by atoms with van der Waals surface area (Å²) in [5.41, 5.74) is 12.1.